The normalized spacial score (nSPS) is 10.9. The number of carboxylic acids is 1. The number of rotatable bonds is 19. The van der Waals surface area contributed by atoms with Crippen molar-refractivity contribution in [3.63, 3.8) is 0 Å². The zero-order valence-corrected chi connectivity index (χ0v) is 30.9. The Labute approximate surface area is 323 Å². The van der Waals surface area contributed by atoms with Crippen LogP contribution >= 0.6 is 11.3 Å². The third-order valence-corrected chi connectivity index (χ3v) is 9.13. The van der Waals surface area contributed by atoms with E-state index in [0.29, 0.717) is 67.0 Å². The molecule has 0 saturated heterocycles. The second-order valence-corrected chi connectivity index (χ2v) is 13.7. The Morgan fingerprint density at radius 1 is 0.600 bits per heavy atom. The number of aromatic nitrogens is 1. The fraction of sp³-hybridized carbons (Fsp3) is 0.163. The molecule has 0 saturated carbocycles. The third-order valence-electron chi connectivity index (χ3n) is 8.37. The van der Waals surface area contributed by atoms with E-state index in [1.807, 2.05) is 83.1 Å². The van der Waals surface area contributed by atoms with Crippen molar-refractivity contribution < 1.29 is 29.0 Å². The Morgan fingerprint density at radius 2 is 1.09 bits per heavy atom. The predicted octanol–water partition coefficient (Wildman–Crippen LogP) is 8.40. The number of nitrogens with zero attached hydrogens (tertiary/aromatic N) is 3. The van der Waals surface area contributed by atoms with Gasteiger partial charge in [0, 0.05) is 42.6 Å². The van der Waals surface area contributed by atoms with Gasteiger partial charge in [-0.05, 0) is 96.9 Å². The number of carbonyl (C=O) groups excluding carboxylic acids is 2. The molecule has 3 N–H and O–H groups in total. The van der Waals surface area contributed by atoms with E-state index < -0.39 is 5.97 Å². The van der Waals surface area contributed by atoms with Crippen molar-refractivity contribution in [2.75, 3.05) is 36.8 Å². The highest BCUT2D eigenvalue weighted by atomic mass is 32.1. The fourth-order valence-electron chi connectivity index (χ4n) is 5.75. The van der Waals surface area contributed by atoms with Crippen molar-refractivity contribution in [1.29, 1.82) is 0 Å². The monoisotopic (exact) mass is 755 g/mol. The summed E-state index contributed by atoms with van der Waals surface area (Å²) in [7, 11) is 0. The van der Waals surface area contributed by atoms with Gasteiger partial charge in [0.2, 0.25) is 11.8 Å². The van der Waals surface area contributed by atoms with E-state index in [1.54, 1.807) is 78.2 Å². The molecule has 0 radical (unpaired) electrons. The van der Waals surface area contributed by atoms with E-state index in [2.05, 4.69) is 20.5 Å². The summed E-state index contributed by atoms with van der Waals surface area (Å²) in [6.07, 6.45) is 2.42. The summed E-state index contributed by atoms with van der Waals surface area (Å²) in [6, 6.07) is 40.0. The number of anilines is 2. The minimum Gasteiger partial charge on any atom is -0.478 e. The average Bonchev–Trinajstić information content (AvgIpc) is 3.70. The van der Waals surface area contributed by atoms with Crippen LogP contribution in [0.15, 0.2) is 145 Å². The first kappa shape index (κ1) is 38.4. The number of hydrogen-bond acceptors (Lipinski definition) is 9. The van der Waals surface area contributed by atoms with Gasteiger partial charge in [0.1, 0.15) is 28.0 Å². The molecule has 0 unspecified atom stereocenters. The number of benzene rings is 5. The molecule has 0 aliphatic heterocycles. The zero-order chi connectivity index (χ0) is 38.2. The van der Waals surface area contributed by atoms with Crippen molar-refractivity contribution in [3.8, 4) is 23.0 Å². The molecule has 0 bridgehead atoms. The minimum absolute atomic E-state index is 0.0112. The lowest BCUT2D eigenvalue weighted by atomic mass is 10.1. The maximum absolute atomic E-state index is 13.4. The molecule has 280 valence electrons. The quantitative estimate of drug-likeness (QED) is 0.0746. The molecule has 2 amide bonds. The van der Waals surface area contributed by atoms with Crippen molar-refractivity contribution >= 4 is 40.5 Å². The van der Waals surface area contributed by atoms with Gasteiger partial charge >= 0.3 is 5.97 Å². The number of ether oxygens (including phenoxy) is 2. The smallest absolute Gasteiger partial charge is 0.335 e. The SMILES string of the molecule is O=C(CN(CCCN(Cc1ccc(C(=O)O)cc1)Cc1nccs1)CC(=O)Nc1ccc(Oc2ccccc2)cc1)Nc1ccc(Oc2ccccc2)cc1. The van der Waals surface area contributed by atoms with E-state index in [4.69, 9.17) is 9.47 Å². The van der Waals surface area contributed by atoms with Crippen LogP contribution in [0, 0.1) is 0 Å². The van der Waals surface area contributed by atoms with Crippen molar-refractivity contribution in [3.05, 3.63) is 161 Å². The standard InChI is InChI=1S/C43H41N5O6S/c49-40(45-34-16-20-38(21-17-34)53-36-8-3-1-4-9-36)29-48(30-41(50)46-35-18-22-39(23-19-35)54-37-10-5-2-6-11-37)26-7-25-47(31-42-44-24-27-55-42)28-32-12-14-33(15-13-32)43(51)52/h1-6,8-24,27H,7,25-26,28-31H2,(H,45,49)(H,46,50)(H,51,52). The predicted molar refractivity (Wildman–Crippen MR) is 214 cm³/mol. The Morgan fingerprint density at radius 3 is 1.56 bits per heavy atom. The van der Waals surface area contributed by atoms with Crippen LogP contribution in [0.4, 0.5) is 11.4 Å². The molecule has 1 aromatic heterocycles. The van der Waals surface area contributed by atoms with Crippen molar-refractivity contribution in [2.45, 2.75) is 19.5 Å². The molecular weight excluding hydrogens is 715 g/mol. The highest BCUT2D eigenvalue weighted by Gasteiger charge is 2.17. The molecule has 0 spiro atoms. The average molecular weight is 756 g/mol. The third kappa shape index (κ3) is 12.6. The molecule has 0 atom stereocenters. The largest absolute Gasteiger partial charge is 0.478 e. The summed E-state index contributed by atoms with van der Waals surface area (Å²) in [4.78, 5) is 46.6. The van der Waals surface area contributed by atoms with Gasteiger partial charge in [0.25, 0.3) is 0 Å². The molecule has 6 rings (SSSR count). The van der Waals surface area contributed by atoms with Crippen molar-refractivity contribution in [1.82, 2.24) is 14.8 Å². The van der Waals surface area contributed by atoms with Gasteiger partial charge < -0.3 is 25.2 Å². The summed E-state index contributed by atoms with van der Waals surface area (Å²) >= 11 is 1.57. The lowest BCUT2D eigenvalue weighted by molar-refractivity contribution is -0.120. The van der Waals surface area contributed by atoms with Gasteiger partial charge in [-0.1, -0.05) is 48.5 Å². The topological polar surface area (TPSA) is 133 Å². The lowest BCUT2D eigenvalue weighted by Crippen LogP contribution is -2.40. The number of amides is 2. The maximum Gasteiger partial charge on any atom is 0.335 e. The fourth-order valence-corrected chi connectivity index (χ4v) is 6.41. The molecule has 55 heavy (non-hydrogen) atoms. The molecule has 0 fully saturated rings. The molecular formula is C43H41N5O6S. The number of thiazole rings is 1. The van der Waals surface area contributed by atoms with Crippen LogP contribution in [-0.4, -0.2) is 63.9 Å². The second-order valence-electron chi connectivity index (χ2n) is 12.7. The number of para-hydroxylation sites is 2. The van der Waals surface area contributed by atoms with Gasteiger partial charge in [-0.3, -0.25) is 19.4 Å². The Bertz CT molecular complexity index is 2000. The first-order valence-electron chi connectivity index (χ1n) is 17.8. The number of nitrogens with one attached hydrogen (secondary N) is 2. The van der Waals surface area contributed by atoms with E-state index in [0.717, 1.165) is 10.6 Å². The van der Waals surface area contributed by atoms with Gasteiger partial charge in [0.05, 0.1) is 25.2 Å². The van der Waals surface area contributed by atoms with Crippen LogP contribution in [0.2, 0.25) is 0 Å². The van der Waals surface area contributed by atoms with Crippen LogP contribution in [0.5, 0.6) is 23.0 Å². The molecule has 6 aromatic rings. The number of hydrogen-bond donors (Lipinski definition) is 3. The van der Waals surface area contributed by atoms with E-state index in [-0.39, 0.29) is 30.5 Å². The molecule has 1 heterocycles. The maximum atomic E-state index is 13.4. The van der Waals surface area contributed by atoms with Crippen molar-refractivity contribution in [2.24, 2.45) is 0 Å². The van der Waals surface area contributed by atoms with E-state index in [9.17, 15) is 19.5 Å². The van der Waals surface area contributed by atoms with Gasteiger partial charge in [-0.2, -0.15) is 0 Å². The Kier molecular flexibility index (Phi) is 13.7. The highest BCUT2D eigenvalue weighted by Crippen LogP contribution is 2.24. The molecule has 0 aliphatic rings. The molecule has 0 aliphatic carbocycles. The van der Waals surface area contributed by atoms with Gasteiger partial charge in [-0.25, -0.2) is 9.78 Å². The van der Waals surface area contributed by atoms with E-state index >= 15 is 0 Å². The number of carboxylic acid groups (broad SMARTS) is 1. The van der Waals surface area contributed by atoms with Gasteiger partial charge in [-0.15, -0.1) is 11.3 Å². The second kappa shape index (κ2) is 19.7. The zero-order valence-electron chi connectivity index (χ0n) is 30.0. The lowest BCUT2D eigenvalue weighted by Gasteiger charge is -2.25. The van der Waals surface area contributed by atoms with Crippen LogP contribution in [-0.2, 0) is 22.7 Å². The van der Waals surface area contributed by atoms with Crippen LogP contribution < -0.4 is 20.1 Å². The summed E-state index contributed by atoms with van der Waals surface area (Å²) in [5, 5.41) is 18.1. The molecule has 12 heteroatoms. The van der Waals surface area contributed by atoms with Crippen LogP contribution in [0.3, 0.4) is 0 Å². The number of carbonyl (C=O) groups is 3. The summed E-state index contributed by atoms with van der Waals surface area (Å²) in [5.74, 6) is 1.22. The van der Waals surface area contributed by atoms with E-state index in [1.165, 1.54) is 0 Å². The highest BCUT2D eigenvalue weighted by molar-refractivity contribution is 7.09. The van der Waals surface area contributed by atoms with Crippen LogP contribution in [0.25, 0.3) is 0 Å². The van der Waals surface area contributed by atoms with Gasteiger partial charge in [0.15, 0.2) is 0 Å². The molecule has 5 aromatic carbocycles. The summed E-state index contributed by atoms with van der Waals surface area (Å²) in [5.41, 5.74) is 2.42. The minimum atomic E-state index is -0.970. The Hall–Kier alpha value is -6.34. The van der Waals surface area contributed by atoms with Crippen LogP contribution in [0.1, 0.15) is 27.3 Å². The summed E-state index contributed by atoms with van der Waals surface area (Å²) < 4.78 is 11.7. The first-order chi connectivity index (χ1) is 26.8. The first-order valence-corrected chi connectivity index (χ1v) is 18.6. The summed E-state index contributed by atoms with van der Waals surface area (Å²) in [6.45, 7) is 2.26. The molecule has 11 nitrogen and oxygen atoms in total. The Balaban J connectivity index is 1.09. The number of aromatic carboxylic acids is 1.